The normalized spacial score (nSPS) is 11.8. The largest absolute Gasteiger partial charge is 0.507 e. The van der Waals surface area contributed by atoms with Crippen molar-refractivity contribution in [2.24, 2.45) is 5.10 Å². The van der Waals surface area contributed by atoms with Crippen molar-refractivity contribution in [2.45, 2.75) is 6.92 Å². The topological polar surface area (TPSA) is 74.8 Å². The van der Waals surface area contributed by atoms with Gasteiger partial charge in [-0.25, -0.2) is 5.43 Å². The molecule has 2 N–H and O–H groups in total. The molecule has 0 unspecified atom stereocenters. The van der Waals surface area contributed by atoms with Gasteiger partial charge in [0.2, 0.25) is 0 Å². The molecule has 0 aliphatic rings. The first-order valence-corrected chi connectivity index (χ1v) is 6.49. The van der Waals surface area contributed by atoms with E-state index in [-0.39, 0.29) is 11.3 Å². The van der Waals surface area contributed by atoms with E-state index in [2.05, 4.69) is 10.5 Å². The summed E-state index contributed by atoms with van der Waals surface area (Å²) in [6, 6.07) is 7.79. The van der Waals surface area contributed by atoms with E-state index in [1.807, 2.05) is 0 Å². The highest BCUT2D eigenvalue weighted by atomic mass is 35.5. The summed E-state index contributed by atoms with van der Waals surface area (Å²) in [5.74, 6) is -0.0139. The van der Waals surface area contributed by atoms with Crippen LogP contribution in [0.1, 0.15) is 23.0 Å². The number of nitrogens with one attached hydrogen (secondary N) is 1. The lowest BCUT2D eigenvalue weighted by atomic mass is 10.2. The van der Waals surface area contributed by atoms with Gasteiger partial charge in [0, 0.05) is 5.02 Å². The summed E-state index contributed by atoms with van der Waals surface area (Å²) in [7, 11) is 0. The number of furan rings is 1. The Kier molecular flexibility index (Phi) is 4.79. The summed E-state index contributed by atoms with van der Waals surface area (Å²) in [6.45, 7) is 1.72. The smallest absolute Gasteiger partial charge is 0.275 e. The molecule has 1 heterocycles. The highest BCUT2D eigenvalue weighted by molar-refractivity contribution is 6.31. The Morgan fingerprint density at radius 3 is 2.95 bits per heavy atom. The van der Waals surface area contributed by atoms with Crippen LogP contribution in [0.15, 0.2) is 52.2 Å². The van der Waals surface area contributed by atoms with Crippen LogP contribution in [0.5, 0.6) is 5.75 Å². The minimum Gasteiger partial charge on any atom is -0.507 e. The number of rotatable bonds is 4. The van der Waals surface area contributed by atoms with Gasteiger partial charge < -0.3 is 9.52 Å². The molecule has 0 bridgehead atoms. The van der Waals surface area contributed by atoms with Crippen molar-refractivity contribution in [3.05, 3.63) is 59.0 Å². The molecular weight excluding hydrogens is 292 g/mol. The van der Waals surface area contributed by atoms with Gasteiger partial charge in [0.05, 0.1) is 17.5 Å². The molecule has 0 fully saturated rings. The van der Waals surface area contributed by atoms with Gasteiger partial charge in [0.1, 0.15) is 11.5 Å². The van der Waals surface area contributed by atoms with Crippen LogP contribution in [-0.4, -0.2) is 16.7 Å². The van der Waals surface area contributed by atoms with Crippen LogP contribution >= 0.6 is 11.6 Å². The standard InChI is InChI=1S/C15H13ClN2O3/c1-10(4-6-12-3-2-8-21-12)17-18-15(20)13-9-11(16)5-7-14(13)19/h2-9,19H,1H3,(H,18,20)/b6-4+,17-10-. The number of benzene rings is 1. The molecule has 6 heteroatoms. The van der Waals surface area contributed by atoms with E-state index in [1.165, 1.54) is 18.2 Å². The second-order valence-electron chi connectivity index (χ2n) is 4.20. The first-order valence-electron chi connectivity index (χ1n) is 6.11. The Balaban J connectivity index is 2.02. The second kappa shape index (κ2) is 6.76. The molecule has 1 aromatic heterocycles. The second-order valence-corrected chi connectivity index (χ2v) is 4.64. The molecule has 0 atom stereocenters. The molecule has 0 spiro atoms. The summed E-state index contributed by atoms with van der Waals surface area (Å²) >= 11 is 5.78. The summed E-state index contributed by atoms with van der Waals surface area (Å²) in [4.78, 5) is 11.9. The fourth-order valence-corrected chi connectivity index (χ4v) is 1.69. The van der Waals surface area contributed by atoms with Crippen LogP contribution in [0, 0.1) is 0 Å². The summed E-state index contributed by atoms with van der Waals surface area (Å²) < 4.78 is 5.13. The molecular formula is C15H13ClN2O3. The molecule has 2 rings (SSSR count). The fourth-order valence-electron chi connectivity index (χ4n) is 1.52. The van der Waals surface area contributed by atoms with Crippen LogP contribution in [0.4, 0.5) is 0 Å². The minimum atomic E-state index is -0.541. The molecule has 108 valence electrons. The predicted octanol–water partition coefficient (Wildman–Crippen LogP) is 3.46. The number of allylic oxidation sites excluding steroid dienone is 1. The fraction of sp³-hybridized carbons (Fsp3) is 0.0667. The SMILES string of the molecule is CC(/C=C/c1ccco1)=N/NC(=O)c1cc(Cl)ccc1O. The van der Waals surface area contributed by atoms with E-state index >= 15 is 0 Å². The Labute approximate surface area is 126 Å². The summed E-state index contributed by atoms with van der Waals surface area (Å²) in [5.41, 5.74) is 2.98. The van der Waals surface area contributed by atoms with Crippen LogP contribution < -0.4 is 5.43 Å². The number of phenols is 1. The summed E-state index contributed by atoms with van der Waals surface area (Å²) in [5, 5.41) is 13.9. The van der Waals surface area contributed by atoms with Crippen LogP contribution in [0.25, 0.3) is 6.08 Å². The molecule has 0 aliphatic carbocycles. The van der Waals surface area contributed by atoms with Gasteiger partial charge in [-0.2, -0.15) is 5.10 Å². The lowest BCUT2D eigenvalue weighted by Crippen LogP contribution is -2.18. The molecule has 0 saturated carbocycles. The average molecular weight is 305 g/mol. The Bertz CT molecular complexity index is 691. The van der Waals surface area contributed by atoms with Gasteiger partial charge in [-0.3, -0.25) is 4.79 Å². The van der Waals surface area contributed by atoms with Crippen molar-refractivity contribution in [1.29, 1.82) is 0 Å². The molecule has 0 saturated heterocycles. The van der Waals surface area contributed by atoms with E-state index in [9.17, 15) is 9.90 Å². The van der Waals surface area contributed by atoms with Gasteiger partial charge in [-0.05, 0) is 49.4 Å². The van der Waals surface area contributed by atoms with Crippen LogP contribution in [0.3, 0.4) is 0 Å². The molecule has 0 radical (unpaired) electrons. The highest BCUT2D eigenvalue weighted by Crippen LogP contribution is 2.21. The zero-order valence-electron chi connectivity index (χ0n) is 11.2. The third-order valence-electron chi connectivity index (χ3n) is 2.57. The predicted molar refractivity (Wildman–Crippen MR) is 81.4 cm³/mol. The average Bonchev–Trinajstić information content (AvgIpc) is 2.98. The van der Waals surface area contributed by atoms with Crippen LogP contribution in [-0.2, 0) is 0 Å². The lowest BCUT2D eigenvalue weighted by Gasteiger charge is -2.03. The molecule has 21 heavy (non-hydrogen) atoms. The first-order chi connectivity index (χ1) is 10.1. The van der Waals surface area contributed by atoms with Gasteiger partial charge >= 0.3 is 0 Å². The van der Waals surface area contributed by atoms with E-state index in [0.29, 0.717) is 16.5 Å². The Hall–Kier alpha value is -2.53. The third-order valence-corrected chi connectivity index (χ3v) is 2.80. The molecule has 5 nitrogen and oxygen atoms in total. The lowest BCUT2D eigenvalue weighted by molar-refractivity contribution is 0.0952. The van der Waals surface area contributed by atoms with Crippen LogP contribution in [0.2, 0.25) is 5.02 Å². The van der Waals surface area contributed by atoms with Crippen molar-refractivity contribution in [3.63, 3.8) is 0 Å². The number of carbonyl (C=O) groups excluding carboxylic acids is 1. The monoisotopic (exact) mass is 304 g/mol. The van der Waals surface area contributed by atoms with E-state index < -0.39 is 5.91 Å². The number of phenolic OH excluding ortho intramolecular Hbond substituents is 1. The number of hydrazone groups is 1. The number of aromatic hydroxyl groups is 1. The van der Waals surface area contributed by atoms with Gasteiger partial charge in [-0.1, -0.05) is 11.6 Å². The van der Waals surface area contributed by atoms with Gasteiger partial charge in [0.15, 0.2) is 0 Å². The maximum absolute atomic E-state index is 11.9. The van der Waals surface area contributed by atoms with Crippen molar-refractivity contribution in [2.75, 3.05) is 0 Å². The maximum atomic E-state index is 11.9. The van der Waals surface area contributed by atoms with Crippen molar-refractivity contribution >= 4 is 29.3 Å². The minimum absolute atomic E-state index is 0.0639. The maximum Gasteiger partial charge on any atom is 0.275 e. The Morgan fingerprint density at radius 2 is 2.24 bits per heavy atom. The molecule has 1 aromatic carbocycles. The Morgan fingerprint density at radius 1 is 1.43 bits per heavy atom. The van der Waals surface area contributed by atoms with Gasteiger partial charge in [-0.15, -0.1) is 0 Å². The van der Waals surface area contributed by atoms with Crippen molar-refractivity contribution in [1.82, 2.24) is 5.43 Å². The quantitative estimate of drug-likeness (QED) is 0.671. The van der Waals surface area contributed by atoms with E-state index in [1.54, 1.807) is 37.5 Å². The summed E-state index contributed by atoms with van der Waals surface area (Å²) in [6.07, 6.45) is 4.98. The van der Waals surface area contributed by atoms with Crippen molar-refractivity contribution in [3.8, 4) is 5.75 Å². The third kappa shape index (κ3) is 4.22. The number of nitrogens with zero attached hydrogens (tertiary/aromatic N) is 1. The van der Waals surface area contributed by atoms with Gasteiger partial charge in [0.25, 0.3) is 5.91 Å². The van der Waals surface area contributed by atoms with Crippen molar-refractivity contribution < 1.29 is 14.3 Å². The first kappa shape index (κ1) is 14.9. The molecule has 2 aromatic rings. The zero-order chi connectivity index (χ0) is 15.2. The zero-order valence-corrected chi connectivity index (χ0v) is 12.0. The number of halogens is 1. The van der Waals surface area contributed by atoms with E-state index in [0.717, 1.165) is 0 Å². The molecule has 0 aliphatic heterocycles. The molecule has 1 amide bonds. The highest BCUT2D eigenvalue weighted by Gasteiger charge is 2.10. The van der Waals surface area contributed by atoms with E-state index in [4.69, 9.17) is 16.0 Å². The number of amides is 1. The number of carbonyl (C=O) groups is 1. The number of hydrogen-bond acceptors (Lipinski definition) is 4. The number of hydrogen-bond donors (Lipinski definition) is 2.